The van der Waals surface area contributed by atoms with Crippen molar-refractivity contribution in [1.82, 2.24) is 10.2 Å². The molecule has 0 bridgehead atoms. The minimum Gasteiger partial charge on any atom is -0.495 e. The molecule has 3 aromatic carbocycles. The number of methoxy groups -OCH3 is 1. The van der Waals surface area contributed by atoms with Crippen molar-refractivity contribution in [3.8, 4) is 5.75 Å². The standard InChI is InChI=1S/C30H37N3O5S/c1-22(2)19-31-30(35)24(4)32(20-25-17-15-23(3)16-18-25)29(34)21-33(27-13-9-10-14-28(27)38-5)39(36,37)26-11-7-6-8-12-26/h6-18,22,24H,19-21H2,1-5H3,(H,31,35)/t24-/m0/s1. The first-order valence-electron chi connectivity index (χ1n) is 12.9. The molecule has 208 valence electrons. The summed E-state index contributed by atoms with van der Waals surface area (Å²) in [4.78, 5) is 28.5. The number of para-hydroxylation sites is 2. The number of amides is 2. The van der Waals surface area contributed by atoms with E-state index in [-0.39, 0.29) is 29.0 Å². The molecule has 1 atom stereocenters. The van der Waals surface area contributed by atoms with Gasteiger partial charge in [-0.2, -0.15) is 0 Å². The highest BCUT2D eigenvalue weighted by Gasteiger charge is 2.33. The Morgan fingerprint density at radius 2 is 1.51 bits per heavy atom. The summed E-state index contributed by atoms with van der Waals surface area (Å²) < 4.78 is 34.2. The number of carbonyl (C=O) groups is 2. The smallest absolute Gasteiger partial charge is 0.264 e. The second-order valence-corrected chi connectivity index (χ2v) is 11.7. The minimum absolute atomic E-state index is 0.0384. The van der Waals surface area contributed by atoms with Gasteiger partial charge in [0.15, 0.2) is 0 Å². The van der Waals surface area contributed by atoms with E-state index < -0.39 is 28.5 Å². The van der Waals surface area contributed by atoms with Crippen LogP contribution in [0.15, 0.2) is 83.8 Å². The van der Waals surface area contributed by atoms with Crippen LogP contribution in [0.3, 0.4) is 0 Å². The molecule has 39 heavy (non-hydrogen) atoms. The average Bonchev–Trinajstić information content (AvgIpc) is 2.94. The number of benzene rings is 3. The number of carbonyl (C=O) groups excluding carboxylic acids is 2. The van der Waals surface area contributed by atoms with Gasteiger partial charge in [-0.3, -0.25) is 13.9 Å². The van der Waals surface area contributed by atoms with Crippen LogP contribution in [-0.2, 0) is 26.2 Å². The van der Waals surface area contributed by atoms with Crippen molar-refractivity contribution in [3.63, 3.8) is 0 Å². The fourth-order valence-corrected chi connectivity index (χ4v) is 5.44. The molecule has 0 aliphatic carbocycles. The molecule has 0 radical (unpaired) electrons. The van der Waals surface area contributed by atoms with Crippen LogP contribution in [0, 0.1) is 12.8 Å². The van der Waals surface area contributed by atoms with E-state index >= 15 is 0 Å². The highest BCUT2D eigenvalue weighted by Crippen LogP contribution is 2.32. The molecular formula is C30H37N3O5S. The third kappa shape index (κ3) is 7.60. The predicted octanol–water partition coefficient (Wildman–Crippen LogP) is 4.39. The Bertz CT molecular complexity index is 1360. The van der Waals surface area contributed by atoms with Crippen LogP contribution in [0.2, 0.25) is 0 Å². The highest BCUT2D eigenvalue weighted by atomic mass is 32.2. The first kappa shape index (κ1) is 29.7. The number of hydrogen-bond acceptors (Lipinski definition) is 5. The monoisotopic (exact) mass is 551 g/mol. The van der Waals surface area contributed by atoms with Gasteiger partial charge < -0.3 is 15.0 Å². The van der Waals surface area contributed by atoms with Gasteiger partial charge in [0.1, 0.15) is 18.3 Å². The Kier molecular flexibility index (Phi) is 10.1. The molecule has 3 aromatic rings. The Balaban J connectivity index is 2.03. The molecule has 0 spiro atoms. The maximum absolute atomic E-state index is 14.0. The number of nitrogens with zero attached hydrogens (tertiary/aromatic N) is 2. The fraction of sp³-hybridized carbons (Fsp3) is 0.333. The lowest BCUT2D eigenvalue weighted by molar-refractivity contribution is -0.139. The normalized spacial score (nSPS) is 12.1. The van der Waals surface area contributed by atoms with Gasteiger partial charge in [-0.1, -0.05) is 74.0 Å². The van der Waals surface area contributed by atoms with Gasteiger partial charge >= 0.3 is 0 Å². The fourth-order valence-electron chi connectivity index (χ4n) is 3.99. The van der Waals surface area contributed by atoms with Crippen LogP contribution in [0.5, 0.6) is 5.75 Å². The maximum Gasteiger partial charge on any atom is 0.264 e. The molecule has 3 rings (SSSR count). The zero-order valence-electron chi connectivity index (χ0n) is 23.1. The predicted molar refractivity (Wildman–Crippen MR) is 153 cm³/mol. The van der Waals surface area contributed by atoms with Crippen molar-refractivity contribution in [2.24, 2.45) is 5.92 Å². The summed E-state index contributed by atoms with van der Waals surface area (Å²) in [7, 11) is -2.71. The third-order valence-electron chi connectivity index (χ3n) is 6.29. The van der Waals surface area contributed by atoms with Crippen molar-refractivity contribution in [2.75, 3.05) is 24.5 Å². The Labute approximate surface area is 231 Å². The van der Waals surface area contributed by atoms with Gasteiger partial charge in [-0.15, -0.1) is 0 Å². The van der Waals surface area contributed by atoms with Gasteiger partial charge in [0.2, 0.25) is 11.8 Å². The first-order valence-corrected chi connectivity index (χ1v) is 14.3. The zero-order valence-corrected chi connectivity index (χ0v) is 23.9. The molecule has 8 nitrogen and oxygen atoms in total. The zero-order chi connectivity index (χ0) is 28.6. The molecule has 0 heterocycles. The number of rotatable bonds is 12. The molecule has 0 unspecified atom stereocenters. The number of ether oxygens (including phenoxy) is 1. The van der Waals surface area contributed by atoms with Gasteiger partial charge in [0, 0.05) is 13.1 Å². The van der Waals surface area contributed by atoms with Crippen LogP contribution in [0.1, 0.15) is 31.9 Å². The third-order valence-corrected chi connectivity index (χ3v) is 8.06. The molecule has 9 heteroatoms. The highest BCUT2D eigenvalue weighted by molar-refractivity contribution is 7.92. The minimum atomic E-state index is -4.16. The van der Waals surface area contributed by atoms with Gasteiger partial charge in [-0.05, 0) is 49.6 Å². The van der Waals surface area contributed by atoms with Crippen molar-refractivity contribution in [2.45, 2.75) is 45.2 Å². The first-order chi connectivity index (χ1) is 18.5. The lowest BCUT2D eigenvalue weighted by Crippen LogP contribution is -2.51. The molecule has 1 N–H and O–H groups in total. The second kappa shape index (κ2) is 13.3. The van der Waals surface area contributed by atoms with Crippen LogP contribution in [0.4, 0.5) is 5.69 Å². The van der Waals surface area contributed by atoms with Crippen LogP contribution < -0.4 is 14.4 Å². The van der Waals surface area contributed by atoms with Crippen molar-refractivity contribution >= 4 is 27.5 Å². The summed E-state index contributed by atoms with van der Waals surface area (Å²) >= 11 is 0. The van der Waals surface area contributed by atoms with E-state index in [0.717, 1.165) is 15.4 Å². The molecule has 0 fully saturated rings. The maximum atomic E-state index is 14.0. The Morgan fingerprint density at radius 3 is 2.13 bits per heavy atom. The van der Waals surface area contributed by atoms with Crippen molar-refractivity contribution < 1.29 is 22.7 Å². The number of nitrogens with one attached hydrogen (secondary N) is 1. The van der Waals surface area contributed by atoms with E-state index in [1.807, 2.05) is 45.0 Å². The molecule has 0 aliphatic heterocycles. The lowest BCUT2D eigenvalue weighted by Gasteiger charge is -2.32. The topological polar surface area (TPSA) is 96.0 Å². The van der Waals surface area contributed by atoms with Crippen molar-refractivity contribution in [1.29, 1.82) is 0 Å². The van der Waals surface area contributed by atoms with Gasteiger partial charge in [-0.25, -0.2) is 8.42 Å². The molecule has 2 amide bonds. The lowest BCUT2D eigenvalue weighted by atomic mass is 10.1. The van der Waals surface area contributed by atoms with E-state index in [2.05, 4.69) is 5.32 Å². The summed E-state index contributed by atoms with van der Waals surface area (Å²) in [5.41, 5.74) is 2.12. The van der Waals surface area contributed by atoms with Gasteiger partial charge in [0.05, 0.1) is 17.7 Å². The second-order valence-electron chi connectivity index (χ2n) is 9.82. The van der Waals surface area contributed by atoms with E-state index in [4.69, 9.17) is 4.74 Å². The molecule has 0 aliphatic rings. The van der Waals surface area contributed by atoms with E-state index in [0.29, 0.717) is 12.3 Å². The summed E-state index contributed by atoms with van der Waals surface area (Å²) in [5.74, 6) is -0.288. The molecule has 0 saturated heterocycles. The van der Waals surface area contributed by atoms with Crippen LogP contribution in [-0.4, -0.2) is 51.4 Å². The molecule has 0 aromatic heterocycles. The number of hydrogen-bond donors (Lipinski definition) is 1. The SMILES string of the molecule is COc1ccccc1N(CC(=O)N(Cc1ccc(C)cc1)[C@@H](C)C(=O)NCC(C)C)S(=O)(=O)c1ccccc1. The van der Waals surface area contributed by atoms with E-state index in [1.54, 1.807) is 49.4 Å². The largest absolute Gasteiger partial charge is 0.495 e. The number of anilines is 1. The van der Waals surface area contributed by atoms with Crippen LogP contribution >= 0.6 is 0 Å². The van der Waals surface area contributed by atoms with E-state index in [9.17, 15) is 18.0 Å². The van der Waals surface area contributed by atoms with E-state index in [1.165, 1.54) is 24.1 Å². The number of sulfonamides is 1. The van der Waals surface area contributed by atoms with Crippen LogP contribution in [0.25, 0.3) is 0 Å². The molecule has 0 saturated carbocycles. The Hall–Kier alpha value is -3.85. The Morgan fingerprint density at radius 1 is 0.897 bits per heavy atom. The summed E-state index contributed by atoms with van der Waals surface area (Å²) in [5, 5.41) is 2.89. The summed E-state index contributed by atoms with van der Waals surface area (Å²) in [6, 6.07) is 21.4. The summed E-state index contributed by atoms with van der Waals surface area (Å²) in [6.45, 7) is 7.67. The van der Waals surface area contributed by atoms with Gasteiger partial charge in [0.25, 0.3) is 10.0 Å². The number of aryl methyl sites for hydroxylation is 1. The summed E-state index contributed by atoms with van der Waals surface area (Å²) in [6.07, 6.45) is 0. The average molecular weight is 552 g/mol. The van der Waals surface area contributed by atoms with Crippen molar-refractivity contribution in [3.05, 3.63) is 90.0 Å². The molecular weight excluding hydrogens is 514 g/mol. The quantitative estimate of drug-likeness (QED) is 0.360.